The molecule has 0 atom stereocenters. The lowest BCUT2D eigenvalue weighted by Crippen LogP contribution is -2.52. The van der Waals surface area contributed by atoms with Gasteiger partial charge in [0.05, 0.1) is 18.6 Å². The van der Waals surface area contributed by atoms with Gasteiger partial charge in [0.25, 0.3) is 0 Å². The average molecular weight is 413 g/mol. The first-order valence-corrected chi connectivity index (χ1v) is 10.7. The van der Waals surface area contributed by atoms with Crippen molar-refractivity contribution < 1.29 is 22.7 Å². The predicted octanol–water partition coefficient (Wildman–Crippen LogP) is 0.627. The Hall–Kier alpha value is -2.17. The second-order valence-corrected chi connectivity index (χ2v) is 8.45. The van der Waals surface area contributed by atoms with Crippen LogP contribution in [-0.2, 0) is 14.8 Å². The van der Waals surface area contributed by atoms with Crippen molar-refractivity contribution in [3.63, 3.8) is 0 Å². The number of unbranched alkanes of at least 4 members (excludes halogenated alkanes) is 1. The van der Waals surface area contributed by atoms with E-state index in [4.69, 9.17) is 4.74 Å². The first-order chi connectivity index (χ1) is 13.4. The van der Waals surface area contributed by atoms with Gasteiger partial charge in [-0.25, -0.2) is 13.2 Å². The van der Waals surface area contributed by atoms with E-state index in [-0.39, 0.29) is 24.5 Å². The second-order valence-electron chi connectivity index (χ2n) is 6.51. The van der Waals surface area contributed by atoms with Gasteiger partial charge in [0.2, 0.25) is 15.9 Å². The summed E-state index contributed by atoms with van der Waals surface area (Å²) in [5.74, 6) is 0.189. The van der Waals surface area contributed by atoms with Gasteiger partial charge in [0.1, 0.15) is 5.75 Å². The number of carbonyl (C=O) groups excluding carboxylic acids is 2. The van der Waals surface area contributed by atoms with E-state index in [9.17, 15) is 18.0 Å². The fourth-order valence-electron chi connectivity index (χ4n) is 2.82. The van der Waals surface area contributed by atoms with E-state index >= 15 is 0 Å². The average Bonchev–Trinajstić information content (AvgIpc) is 2.68. The number of ether oxygens (including phenoxy) is 1. The van der Waals surface area contributed by atoms with Crippen LogP contribution in [0.4, 0.5) is 4.79 Å². The maximum atomic E-state index is 12.7. The lowest BCUT2D eigenvalue weighted by Gasteiger charge is -2.33. The Kier molecular flexibility index (Phi) is 8.21. The third kappa shape index (κ3) is 6.18. The fourth-order valence-corrected chi connectivity index (χ4v) is 4.24. The van der Waals surface area contributed by atoms with Gasteiger partial charge in [-0.15, -0.1) is 0 Å². The van der Waals surface area contributed by atoms with Gasteiger partial charge in [-0.05, 0) is 30.7 Å². The number of amides is 3. The topological polar surface area (TPSA) is 108 Å². The second kappa shape index (κ2) is 10.4. The van der Waals surface area contributed by atoms with E-state index in [0.29, 0.717) is 25.4 Å². The Morgan fingerprint density at radius 2 is 1.75 bits per heavy atom. The molecule has 156 valence electrons. The molecule has 28 heavy (non-hydrogen) atoms. The number of carbonyl (C=O) groups is 2. The molecule has 1 fully saturated rings. The zero-order chi connectivity index (χ0) is 20.6. The van der Waals surface area contributed by atoms with E-state index in [1.807, 2.05) is 11.8 Å². The molecule has 10 heteroatoms. The van der Waals surface area contributed by atoms with Crippen LogP contribution in [0.1, 0.15) is 19.8 Å². The van der Waals surface area contributed by atoms with Gasteiger partial charge >= 0.3 is 6.03 Å². The number of hydrogen-bond acceptors (Lipinski definition) is 6. The molecule has 0 spiro atoms. The molecule has 9 nitrogen and oxygen atoms in total. The lowest BCUT2D eigenvalue weighted by atomic mass is 10.3. The number of nitrogens with one attached hydrogen (secondary N) is 2. The summed E-state index contributed by atoms with van der Waals surface area (Å²) in [5.41, 5.74) is 0. The molecular weight excluding hydrogens is 384 g/mol. The molecule has 1 saturated heterocycles. The SMILES string of the molecule is CCCCNC(=O)NC(=O)CN1CCN(S(=O)(=O)c2ccc(OC)cc2)CC1. The predicted molar refractivity (Wildman–Crippen MR) is 105 cm³/mol. The Bertz CT molecular complexity index is 759. The van der Waals surface area contributed by atoms with Crippen LogP contribution in [-0.4, -0.2) is 75.9 Å². The minimum absolute atomic E-state index is 0.0532. The summed E-state index contributed by atoms with van der Waals surface area (Å²) in [4.78, 5) is 25.6. The highest BCUT2D eigenvalue weighted by molar-refractivity contribution is 7.89. The Morgan fingerprint density at radius 3 is 2.32 bits per heavy atom. The summed E-state index contributed by atoms with van der Waals surface area (Å²) >= 11 is 0. The van der Waals surface area contributed by atoms with Crippen molar-refractivity contribution in [3.05, 3.63) is 24.3 Å². The summed E-state index contributed by atoms with van der Waals surface area (Å²) in [5, 5.41) is 4.91. The van der Waals surface area contributed by atoms with Crippen molar-refractivity contribution in [1.82, 2.24) is 19.8 Å². The Labute approximate surface area is 166 Å². The van der Waals surface area contributed by atoms with Crippen molar-refractivity contribution in [2.45, 2.75) is 24.7 Å². The van der Waals surface area contributed by atoms with Crippen LogP contribution in [0.25, 0.3) is 0 Å². The van der Waals surface area contributed by atoms with E-state index in [1.165, 1.54) is 23.5 Å². The Morgan fingerprint density at radius 1 is 1.11 bits per heavy atom. The van der Waals surface area contributed by atoms with Crippen LogP contribution in [0.15, 0.2) is 29.2 Å². The molecule has 0 radical (unpaired) electrons. The maximum absolute atomic E-state index is 12.7. The summed E-state index contributed by atoms with van der Waals surface area (Å²) in [6.45, 7) is 3.99. The highest BCUT2D eigenvalue weighted by Gasteiger charge is 2.29. The number of rotatable bonds is 8. The van der Waals surface area contributed by atoms with E-state index in [2.05, 4.69) is 10.6 Å². The molecule has 2 rings (SSSR count). The quantitative estimate of drug-likeness (QED) is 0.607. The van der Waals surface area contributed by atoms with Crippen molar-refractivity contribution in [3.8, 4) is 5.75 Å². The van der Waals surface area contributed by atoms with Crippen LogP contribution in [0, 0.1) is 0 Å². The summed E-state index contributed by atoms with van der Waals surface area (Å²) in [7, 11) is -2.06. The highest BCUT2D eigenvalue weighted by atomic mass is 32.2. The third-order valence-electron chi connectivity index (χ3n) is 4.46. The van der Waals surface area contributed by atoms with E-state index in [1.54, 1.807) is 12.1 Å². The molecule has 1 heterocycles. The zero-order valence-electron chi connectivity index (χ0n) is 16.3. The minimum atomic E-state index is -3.58. The van der Waals surface area contributed by atoms with E-state index < -0.39 is 22.0 Å². The van der Waals surface area contributed by atoms with Gasteiger partial charge < -0.3 is 10.1 Å². The van der Waals surface area contributed by atoms with Crippen LogP contribution in [0.5, 0.6) is 5.75 Å². The first kappa shape index (κ1) is 22.1. The lowest BCUT2D eigenvalue weighted by molar-refractivity contribution is -0.121. The minimum Gasteiger partial charge on any atom is -0.497 e. The molecule has 1 aliphatic rings. The molecule has 2 N–H and O–H groups in total. The largest absolute Gasteiger partial charge is 0.497 e. The third-order valence-corrected chi connectivity index (χ3v) is 6.38. The highest BCUT2D eigenvalue weighted by Crippen LogP contribution is 2.20. The first-order valence-electron chi connectivity index (χ1n) is 9.31. The van der Waals surface area contributed by atoms with Crippen LogP contribution < -0.4 is 15.4 Å². The van der Waals surface area contributed by atoms with Crippen LogP contribution in [0.3, 0.4) is 0 Å². The molecule has 0 saturated carbocycles. The number of hydrogen-bond donors (Lipinski definition) is 2. The molecule has 0 unspecified atom stereocenters. The smallest absolute Gasteiger partial charge is 0.321 e. The van der Waals surface area contributed by atoms with Crippen molar-refractivity contribution in [2.24, 2.45) is 0 Å². The molecule has 1 aromatic carbocycles. The molecule has 0 bridgehead atoms. The van der Waals surface area contributed by atoms with Crippen LogP contribution >= 0.6 is 0 Å². The number of piperazine rings is 1. The number of urea groups is 1. The normalized spacial score (nSPS) is 15.8. The monoisotopic (exact) mass is 412 g/mol. The van der Waals surface area contributed by atoms with Crippen molar-refractivity contribution >= 4 is 22.0 Å². The van der Waals surface area contributed by atoms with Crippen LogP contribution in [0.2, 0.25) is 0 Å². The number of imide groups is 1. The fraction of sp³-hybridized carbons (Fsp3) is 0.556. The maximum Gasteiger partial charge on any atom is 0.321 e. The Balaban J connectivity index is 1.81. The number of methoxy groups -OCH3 is 1. The van der Waals surface area contributed by atoms with Gasteiger partial charge in [-0.1, -0.05) is 13.3 Å². The molecule has 1 aliphatic heterocycles. The zero-order valence-corrected chi connectivity index (χ0v) is 17.1. The summed E-state index contributed by atoms with van der Waals surface area (Å²) in [6, 6.07) is 5.76. The number of sulfonamides is 1. The molecule has 3 amide bonds. The van der Waals surface area contributed by atoms with Gasteiger partial charge in [0, 0.05) is 32.7 Å². The van der Waals surface area contributed by atoms with Gasteiger partial charge in [0.15, 0.2) is 0 Å². The standard InChI is InChI=1S/C18H28N4O5S/c1-3-4-9-19-18(24)20-17(23)14-21-10-12-22(13-11-21)28(25,26)16-7-5-15(27-2)6-8-16/h5-8H,3-4,9-14H2,1-2H3,(H2,19,20,23,24). The molecule has 1 aromatic rings. The van der Waals surface area contributed by atoms with Crippen molar-refractivity contribution in [1.29, 1.82) is 0 Å². The number of nitrogens with zero attached hydrogens (tertiary/aromatic N) is 2. The van der Waals surface area contributed by atoms with Gasteiger partial charge in [-0.2, -0.15) is 4.31 Å². The van der Waals surface area contributed by atoms with Crippen molar-refractivity contribution in [2.75, 3.05) is 46.4 Å². The summed E-state index contributed by atoms with van der Waals surface area (Å²) < 4.78 is 31.9. The molecule has 0 aliphatic carbocycles. The molecular formula is C18H28N4O5S. The summed E-state index contributed by atoms with van der Waals surface area (Å²) in [6.07, 6.45) is 1.81. The molecule has 0 aromatic heterocycles. The number of benzene rings is 1. The van der Waals surface area contributed by atoms with E-state index in [0.717, 1.165) is 12.8 Å². The van der Waals surface area contributed by atoms with Gasteiger partial charge in [-0.3, -0.25) is 15.0 Å².